The molecule has 0 unspecified atom stereocenters. The number of hydrogen-bond donors (Lipinski definition) is 1. The number of ether oxygens (including phenoxy) is 1. The monoisotopic (exact) mass is 185 g/mol. The van der Waals surface area contributed by atoms with Gasteiger partial charge in [-0.3, -0.25) is 0 Å². The summed E-state index contributed by atoms with van der Waals surface area (Å²) < 4.78 is 5.30. The standard InChI is InChI=1S/C11H23NO/c1-3-13-9-8-12-11-7-5-4-6-10(11)2/h10-12H,3-9H2,1-2H3/t10-,11+/m1/s1. The summed E-state index contributed by atoms with van der Waals surface area (Å²) in [7, 11) is 0. The average molecular weight is 185 g/mol. The van der Waals surface area contributed by atoms with Crippen LogP contribution in [0.1, 0.15) is 39.5 Å². The van der Waals surface area contributed by atoms with E-state index in [2.05, 4.69) is 12.2 Å². The molecule has 1 aliphatic carbocycles. The van der Waals surface area contributed by atoms with Crippen molar-refractivity contribution >= 4 is 0 Å². The van der Waals surface area contributed by atoms with Gasteiger partial charge in [-0.2, -0.15) is 0 Å². The molecule has 13 heavy (non-hydrogen) atoms. The van der Waals surface area contributed by atoms with E-state index in [1.807, 2.05) is 6.92 Å². The predicted octanol–water partition coefficient (Wildman–Crippen LogP) is 2.19. The lowest BCUT2D eigenvalue weighted by Gasteiger charge is -2.29. The molecule has 0 spiro atoms. The Balaban J connectivity index is 2.05. The van der Waals surface area contributed by atoms with Crippen molar-refractivity contribution in [3.05, 3.63) is 0 Å². The fourth-order valence-electron chi connectivity index (χ4n) is 2.08. The normalized spacial score (nSPS) is 29.1. The SMILES string of the molecule is CCOCCN[C@H]1CCCC[C@H]1C. The number of rotatable bonds is 5. The lowest BCUT2D eigenvalue weighted by atomic mass is 9.86. The average Bonchev–Trinajstić information content (AvgIpc) is 2.15. The first kappa shape index (κ1) is 11.0. The van der Waals surface area contributed by atoms with Crippen LogP contribution in [-0.2, 0) is 4.74 Å². The van der Waals surface area contributed by atoms with Crippen molar-refractivity contribution in [1.82, 2.24) is 5.32 Å². The van der Waals surface area contributed by atoms with Crippen molar-refractivity contribution in [3.63, 3.8) is 0 Å². The first-order chi connectivity index (χ1) is 6.34. The molecule has 0 saturated heterocycles. The minimum absolute atomic E-state index is 0.745. The summed E-state index contributed by atoms with van der Waals surface area (Å²) in [6.07, 6.45) is 5.57. The molecule has 1 N–H and O–H groups in total. The van der Waals surface area contributed by atoms with E-state index < -0.39 is 0 Å². The van der Waals surface area contributed by atoms with Gasteiger partial charge in [0.1, 0.15) is 0 Å². The molecular weight excluding hydrogens is 162 g/mol. The van der Waals surface area contributed by atoms with E-state index in [1.54, 1.807) is 0 Å². The maximum absolute atomic E-state index is 5.30. The first-order valence-electron chi connectivity index (χ1n) is 5.65. The molecule has 2 heteroatoms. The van der Waals surface area contributed by atoms with E-state index in [0.717, 1.165) is 31.7 Å². The lowest BCUT2D eigenvalue weighted by molar-refractivity contribution is 0.141. The molecule has 0 aromatic carbocycles. The minimum atomic E-state index is 0.745. The molecule has 0 aromatic rings. The molecule has 1 aliphatic rings. The second kappa shape index (κ2) is 6.39. The summed E-state index contributed by atoms with van der Waals surface area (Å²) in [6, 6.07) is 0.745. The van der Waals surface area contributed by atoms with Crippen molar-refractivity contribution < 1.29 is 4.74 Å². The van der Waals surface area contributed by atoms with Crippen LogP contribution in [0.3, 0.4) is 0 Å². The largest absolute Gasteiger partial charge is 0.380 e. The third-order valence-corrected chi connectivity index (χ3v) is 2.97. The molecule has 1 saturated carbocycles. The molecule has 0 bridgehead atoms. The maximum Gasteiger partial charge on any atom is 0.0590 e. The molecule has 1 fully saturated rings. The van der Waals surface area contributed by atoms with Crippen LogP contribution in [0.2, 0.25) is 0 Å². The Labute approximate surface area is 82.0 Å². The van der Waals surface area contributed by atoms with Gasteiger partial charge in [0, 0.05) is 19.2 Å². The molecule has 78 valence electrons. The van der Waals surface area contributed by atoms with Crippen molar-refractivity contribution in [3.8, 4) is 0 Å². The topological polar surface area (TPSA) is 21.3 Å². The zero-order valence-corrected chi connectivity index (χ0v) is 9.01. The predicted molar refractivity (Wildman–Crippen MR) is 55.9 cm³/mol. The Morgan fingerprint density at radius 3 is 2.77 bits per heavy atom. The lowest BCUT2D eigenvalue weighted by Crippen LogP contribution is -2.38. The quantitative estimate of drug-likeness (QED) is 0.663. The summed E-state index contributed by atoms with van der Waals surface area (Å²) >= 11 is 0. The number of nitrogens with one attached hydrogen (secondary N) is 1. The summed E-state index contributed by atoms with van der Waals surface area (Å²) in [6.45, 7) is 7.12. The van der Waals surface area contributed by atoms with E-state index in [4.69, 9.17) is 4.74 Å². The Bertz CT molecular complexity index is 127. The van der Waals surface area contributed by atoms with Crippen LogP contribution in [-0.4, -0.2) is 25.8 Å². The smallest absolute Gasteiger partial charge is 0.0590 e. The van der Waals surface area contributed by atoms with Gasteiger partial charge >= 0.3 is 0 Å². The van der Waals surface area contributed by atoms with Gasteiger partial charge in [-0.1, -0.05) is 19.8 Å². The molecule has 2 atom stereocenters. The Kier molecular flexibility index (Phi) is 5.40. The van der Waals surface area contributed by atoms with Gasteiger partial charge in [-0.05, 0) is 25.7 Å². The number of hydrogen-bond acceptors (Lipinski definition) is 2. The van der Waals surface area contributed by atoms with Gasteiger partial charge in [0.15, 0.2) is 0 Å². The molecular formula is C11H23NO. The highest BCUT2D eigenvalue weighted by Gasteiger charge is 2.19. The Morgan fingerprint density at radius 2 is 2.08 bits per heavy atom. The highest BCUT2D eigenvalue weighted by atomic mass is 16.5. The van der Waals surface area contributed by atoms with Crippen LogP contribution in [0.5, 0.6) is 0 Å². The zero-order chi connectivity index (χ0) is 9.52. The highest BCUT2D eigenvalue weighted by molar-refractivity contribution is 4.77. The molecule has 0 radical (unpaired) electrons. The van der Waals surface area contributed by atoms with E-state index in [-0.39, 0.29) is 0 Å². The van der Waals surface area contributed by atoms with E-state index in [1.165, 1.54) is 25.7 Å². The Hall–Kier alpha value is -0.0800. The molecule has 0 amide bonds. The van der Waals surface area contributed by atoms with Gasteiger partial charge in [-0.15, -0.1) is 0 Å². The van der Waals surface area contributed by atoms with E-state index in [0.29, 0.717) is 0 Å². The van der Waals surface area contributed by atoms with Crippen LogP contribution in [0.4, 0.5) is 0 Å². The Morgan fingerprint density at radius 1 is 1.31 bits per heavy atom. The van der Waals surface area contributed by atoms with Gasteiger partial charge < -0.3 is 10.1 Å². The van der Waals surface area contributed by atoms with Crippen molar-refractivity contribution in [2.75, 3.05) is 19.8 Å². The first-order valence-corrected chi connectivity index (χ1v) is 5.65. The van der Waals surface area contributed by atoms with Crippen molar-refractivity contribution in [2.24, 2.45) is 5.92 Å². The summed E-state index contributed by atoms with van der Waals surface area (Å²) in [5.41, 5.74) is 0. The van der Waals surface area contributed by atoms with Gasteiger partial charge in [0.05, 0.1) is 6.61 Å². The highest BCUT2D eigenvalue weighted by Crippen LogP contribution is 2.23. The van der Waals surface area contributed by atoms with E-state index >= 15 is 0 Å². The van der Waals surface area contributed by atoms with Gasteiger partial charge in [0.2, 0.25) is 0 Å². The third-order valence-electron chi connectivity index (χ3n) is 2.97. The van der Waals surface area contributed by atoms with E-state index in [9.17, 15) is 0 Å². The van der Waals surface area contributed by atoms with Crippen LogP contribution in [0.25, 0.3) is 0 Å². The summed E-state index contributed by atoms with van der Waals surface area (Å²) in [5, 5.41) is 3.58. The third kappa shape index (κ3) is 4.10. The van der Waals surface area contributed by atoms with Crippen LogP contribution < -0.4 is 5.32 Å². The molecule has 0 aromatic heterocycles. The van der Waals surface area contributed by atoms with Gasteiger partial charge in [0.25, 0.3) is 0 Å². The molecule has 2 nitrogen and oxygen atoms in total. The minimum Gasteiger partial charge on any atom is -0.380 e. The van der Waals surface area contributed by atoms with Crippen LogP contribution >= 0.6 is 0 Å². The fourth-order valence-corrected chi connectivity index (χ4v) is 2.08. The molecule has 0 aliphatic heterocycles. The summed E-state index contributed by atoms with van der Waals surface area (Å²) in [4.78, 5) is 0. The van der Waals surface area contributed by atoms with Crippen LogP contribution in [0.15, 0.2) is 0 Å². The zero-order valence-electron chi connectivity index (χ0n) is 9.01. The second-order valence-electron chi connectivity index (χ2n) is 4.02. The fraction of sp³-hybridized carbons (Fsp3) is 1.00. The molecule has 1 rings (SSSR count). The van der Waals surface area contributed by atoms with Crippen molar-refractivity contribution in [2.45, 2.75) is 45.6 Å². The van der Waals surface area contributed by atoms with Gasteiger partial charge in [-0.25, -0.2) is 0 Å². The van der Waals surface area contributed by atoms with Crippen molar-refractivity contribution in [1.29, 1.82) is 0 Å². The maximum atomic E-state index is 5.30. The summed E-state index contributed by atoms with van der Waals surface area (Å²) in [5.74, 6) is 0.857. The van der Waals surface area contributed by atoms with Crippen LogP contribution in [0, 0.1) is 5.92 Å². The molecule has 0 heterocycles. The second-order valence-corrected chi connectivity index (χ2v) is 4.02.